The van der Waals surface area contributed by atoms with Crippen LogP contribution in [0.5, 0.6) is 11.8 Å². The molecule has 0 fully saturated rings. The molecule has 0 unspecified atom stereocenters. The Balaban J connectivity index is 1.65. The molecule has 0 aliphatic carbocycles. The van der Waals surface area contributed by atoms with E-state index in [-0.39, 0.29) is 43.7 Å². The van der Waals surface area contributed by atoms with Gasteiger partial charge in [0, 0.05) is 5.56 Å². The molecule has 0 spiro atoms. The average Bonchev–Trinajstić information content (AvgIpc) is 2.98. The maximum absolute atomic E-state index is 12.4. The number of hydrogen-bond acceptors (Lipinski definition) is 7. The van der Waals surface area contributed by atoms with E-state index in [1.807, 2.05) is 0 Å². The molecule has 9 nitrogen and oxygen atoms in total. The van der Waals surface area contributed by atoms with Gasteiger partial charge in [0.2, 0.25) is 5.91 Å². The fourth-order valence-electron chi connectivity index (χ4n) is 3.00. The second-order valence-corrected chi connectivity index (χ2v) is 6.68. The van der Waals surface area contributed by atoms with Crippen molar-refractivity contribution in [1.82, 2.24) is 9.97 Å². The summed E-state index contributed by atoms with van der Waals surface area (Å²) in [6, 6.07) is 7.04. The average molecular weight is 400 g/mol. The Kier molecular flexibility index (Phi) is 6.48. The highest BCUT2D eigenvalue weighted by atomic mass is 16.5. The number of carboxylic acids is 1. The van der Waals surface area contributed by atoms with Crippen LogP contribution in [0.15, 0.2) is 24.3 Å². The molecule has 154 valence electrons. The molecule has 0 atom stereocenters. The van der Waals surface area contributed by atoms with Crippen molar-refractivity contribution in [2.75, 3.05) is 30.4 Å². The molecule has 0 bridgehead atoms. The third-order valence-electron chi connectivity index (χ3n) is 4.45. The molecule has 9 heteroatoms. The summed E-state index contributed by atoms with van der Waals surface area (Å²) in [5, 5.41) is 8.89. The van der Waals surface area contributed by atoms with Gasteiger partial charge >= 0.3 is 12.0 Å². The molecule has 0 saturated heterocycles. The Hall–Kier alpha value is -3.36. The summed E-state index contributed by atoms with van der Waals surface area (Å²) in [7, 11) is 0. The molecule has 3 N–H and O–H groups in total. The zero-order valence-corrected chi connectivity index (χ0v) is 16.3. The molecule has 1 aromatic heterocycles. The van der Waals surface area contributed by atoms with Crippen LogP contribution < -0.4 is 20.1 Å². The first-order chi connectivity index (χ1) is 14.0. The summed E-state index contributed by atoms with van der Waals surface area (Å²) in [5.74, 6) is 0.212. The fourth-order valence-corrected chi connectivity index (χ4v) is 3.00. The zero-order chi connectivity index (χ0) is 20.8. The van der Waals surface area contributed by atoms with E-state index < -0.39 is 5.97 Å². The van der Waals surface area contributed by atoms with Crippen molar-refractivity contribution < 1.29 is 24.2 Å². The summed E-state index contributed by atoms with van der Waals surface area (Å²) < 4.78 is 11.2. The second-order valence-electron chi connectivity index (χ2n) is 6.68. The molecule has 1 amide bonds. The molecular formula is C20H24N4O5. The number of anilines is 2. The minimum absolute atomic E-state index is 0.0772. The van der Waals surface area contributed by atoms with Crippen molar-refractivity contribution in [3.8, 4) is 11.8 Å². The van der Waals surface area contributed by atoms with Gasteiger partial charge in [0.25, 0.3) is 0 Å². The van der Waals surface area contributed by atoms with E-state index >= 15 is 0 Å². The largest absolute Gasteiger partial charge is 0.492 e. The maximum atomic E-state index is 12.4. The Morgan fingerprint density at radius 2 is 2.10 bits per heavy atom. The molecular weight excluding hydrogens is 376 g/mol. The van der Waals surface area contributed by atoms with Gasteiger partial charge in [0.1, 0.15) is 24.0 Å². The zero-order valence-electron chi connectivity index (χ0n) is 16.3. The number of fused-ring (bicyclic) bond motifs is 1. The van der Waals surface area contributed by atoms with Crippen LogP contribution in [0.4, 0.5) is 11.6 Å². The summed E-state index contributed by atoms with van der Waals surface area (Å²) in [5.41, 5.74) is 7.23. The Morgan fingerprint density at radius 1 is 1.28 bits per heavy atom. The Morgan fingerprint density at radius 3 is 2.86 bits per heavy atom. The van der Waals surface area contributed by atoms with Crippen LogP contribution in [0.25, 0.3) is 0 Å². The SMILES string of the molecule is CCCCOc1nc(N)c2c(n1)N(CCOc1cccc(CC(=O)O)c1)C(=O)C2. The number of nitrogens with zero attached hydrogens (tertiary/aromatic N) is 3. The van der Waals surface area contributed by atoms with Crippen LogP contribution in [0, 0.1) is 0 Å². The number of carboxylic acid groups (broad SMARTS) is 1. The van der Waals surface area contributed by atoms with Gasteiger partial charge in [0.15, 0.2) is 0 Å². The maximum Gasteiger partial charge on any atom is 0.320 e. The lowest BCUT2D eigenvalue weighted by Gasteiger charge is -2.17. The smallest absolute Gasteiger partial charge is 0.320 e. The number of rotatable bonds is 10. The molecule has 0 radical (unpaired) electrons. The number of ether oxygens (including phenoxy) is 2. The van der Waals surface area contributed by atoms with Gasteiger partial charge in [0.05, 0.1) is 26.0 Å². The molecule has 2 aromatic rings. The van der Waals surface area contributed by atoms with Crippen LogP contribution >= 0.6 is 0 Å². The van der Waals surface area contributed by atoms with Crippen molar-refractivity contribution in [3.05, 3.63) is 35.4 Å². The number of hydrogen-bond donors (Lipinski definition) is 2. The Labute approximate surface area is 168 Å². The minimum Gasteiger partial charge on any atom is -0.492 e. The van der Waals surface area contributed by atoms with Gasteiger partial charge in [-0.2, -0.15) is 9.97 Å². The molecule has 0 saturated carbocycles. The van der Waals surface area contributed by atoms with E-state index in [0.717, 1.165) is 12.8 Å². The highest BCUT2D eigenvalue weighted by molar-refractivity contribution is 6.01. The monoisotopic (exact) mass is 400 g/mol. The lowest BCUT2D eigenvalue weighted by molar-refractivity contribution is -0.136. The molecule has 1 aliphatic heterocycles. The number of benzene rings is 1. The first kappa shape index (κ1) is 20.4. The number of nitrogens with two attached hydrogens (primary N) is 1. The number of amides is 1. The van der Waals surface area contributed by atoms with Gasteiger partial charge < -0.3 is 20.3 Å². The number of carbonyl (C=O) groups is 2. The predicted octanol–water partition coefficient (Wildman–Crippen LogP) is 1.83. The van der Waals surface area contributed by atoms with Gasteiger partial charge in [-0.05, 0) is 24.1 Å². The number of unbranched alkanes of at least 4 members (excludes halogenated alkanes) is 1. The van der Waals surface area contributed by atoms with Gasteiger partial charge in [-0.3, -0.25) is 14.5 Å². The molecule has 3 rings (SSSR count). The van der Waals surface area contributed by atoms with Crippen molar-refractivity contribution in [3.63, 3.8) is 0 Å². The van der Waals surface area contributed by atoms with E-state index in [9.17, 15) is 9.59 Å². The Bertz CT molecular complexity index is 902. The van der Waals surface area contributed by atoms with Crippen LogP contribution in [0.1, 0.15) is 30.9 Å². The number of aliphatic carboxylic acids is 1. The van der Waals surface area contributed by atoms with E-state index in [1.165, 1.54) is 4.90 Å². The predicted molar refractivity (Wildman–Crippen MR) is 106 cm³/mol. The summed E-state index contributed by atoms with van der Waals surface area (Å²) in [6.45, 7) is 3.04. The van der Waals surface area contributed by atoms with Crippen molar-refractivity contribution >= 4 is 23.5 Å². The van der Waals surface area contributed by atoms with E-state index in [2.05, 4.69) is 16.9 Å². The quantitative estimate of drug-likeness (QED) is 0.578. The van der Waals surface area contributed by atoms with Crippen molar-refractivity contribution in [2.45, 2.75) is 32.6 Å². The van der Waals surface area contributed by atoms with Crippen LogP contribution in [0.2, 0.25) is 0 Å². The van der Waals surface area contributed by atoms with Crippen molar-refractivity contribution in [1.29, 1.82) is 0 Å². The third-order valence-corrected chi connectivity index (χ3v) is 4.45. The van der Waals surface area contributed by atoms with Crippen LogP contribution in [-0.4, -0.2) is 46.7 Å². The molecule has 2 heterocycles. The third kappa shape index (κ3) is 5.13. The van der Waals surface area contributed by atoms with Gasteiger partial charge in [-0.25, -0.2) is 0 Å². The summed E-state index contributed by atoms with van der Waals surface area (Å²) in [6.07, 6.45) is 1.92. The lowest BCUT2D eigenvalue weighted by atomic mass is 10.1. The number of carbonyl (C=O) groups excluding carboxylic acids is 1. The topological polar surface area (TPSA) is 128 Å². The second kappa shape index (κ2) is 9.22. The van der Waals surface area contributed by atoms with Crippen LogP contribution in [0.3, 0.4) is 0 Å². The highest BCUT2D eigenvalue weighted by Crippen LogP contribution is 2.32. The molecule has 1 aliphatic rings. The minimum atomic E-state index is -0.907. The summed E-state index contributed by atoms with van der Waals surface area (Å²) in [4.78, 5) is 33.3. The standard InChI is InChI=1S/C20H24N4O5/c1-2-3-8-29-20-22-18(21)15-12-16(25)24(19(15)23-20)7-9-28-14-6-4-5-13(10-14)11-17(26)27/h4-6,10H,2-3,7-9,11-12H2,1H3,(H,26,27)(H2,21,22,23). The highest BCUT2D eigenvalue weighted by Gasteiger charge is 2.32. The molecule has 1 aromatic carbocycles. The van der Waals surface area contributed by atoms with Crippen LogP contribution in [-0.2, 0) is 22.4 Å². The van der Waals surface area contributed by atoms with E-state index in [0.29, 0.717) is 29.3 Å². The number of nitrogen functional groups attached to an aromatic ring is 1. The van der Waals surface area contributed by atoms with Crippen molar-refractivity contribution in [2.24, 2.45) is 0 Å². The first-order valence-electron chi connectivity index (χ1n) is 9.51. The number of aromatic nitrogens is 2. The first-order valence-corrected chi connectivity index (χ1v) is 9.51. The fraction of sp³-hybridized carbons (Fsp3) is 0.400. The van der Waals surface area contributed by atoms with E-state index in [4.69, 9.17) is 20.3 Å². The molecule has 29 heavy (non-hydrogen) atoms. The normalized spacial score (nSPS) is 12.7. The lowest BCUT2D eigenvalue weighted by Crippen LogP contribution is -2.31. The summed E-state index contributed by atoms with van der Waals surface area (Å²) >= 11 is 0. The van der Waals surface area contributed by atoms with Gasteiger partial charge in [-0.1, -0.05) is 25.5 Å². The van der Waals surface area contributed by atoms with E-state index in [1.54, 1.807) is 24.3 Å². The van der Waals surface area contributed by atoms with Gasteiger partial charge in [-0.15, -0.1) is 0 Å².